The van der Waals surface area contributed by atoms with Crippen LogP contribution in [0, 0.1) is 0 Å². The second-order valence-corrected chi connectivity index (χ2v) is 6.11. The summed E-state index contributed by atoms with van der Waals surface area (Å²) in [6.45, 7) is 1.69. The van der Waals surface area contributed by atoms with Gasteiger partial charge < -0.3 is 19.7 Å². The molecule has 0 bridgehead atoms. The van der Waals surface area contributed by atoms with Crippen LogP contribution in [0.15, 0.2) is 53.5 Å². The average molecular weight is 355 g/mol. The minimum atomic E-state index is 0.761. The van der Waals surface area contributed by atoms with Crippen molar-refractivity contribution in [2.75, 3.05) is 34.9 Å². The first-order valence-corrected chi connectivity index (χ1v) is 8.84. The van der Waals surface area contributed by atoms with Gasteiger partial charge in [-0.25, -0.2) is 0 Å². The van der Waals surface area contributed by atoms with E-state index < -0.39 is 0 Å². The molecule has 0 atom stereocenters. The first kappa shape index (κ1) is 19.6. The van der Waals surface area contributed by atoms with Crippen LogP contribution in [0.4, 0.5) is 0 Å². The second-order valence-electron chi connectivity index (χ2n) is 6.11. The van der Waals surface area contributed by atoms with Crippen LogP contribution in [0.5, 0.6) is 11.5 Å². The Kier molecular flexibility index (Phi) is 7.80. The molecule has 0 spiro atoms. The van der Waals surface area contributed by atoms with E-state index in [9.17, 15) is 0 Å². The van der Waals surface area contributed by atoms with Gasteiger partial charge in [-0.1, -0.05) is 36.4 Å². The van der Waals surface area contributed by atoms with Crippen LogP contribution in [0.3, 0.4) is 0 Å². The maximum absolute atomic E-state index is 5.36. The van der Waals surface area contributed by atoms with E-state index in [2.05, 4.69) is 52.6 Å². The van der Waals surface area contributed by atoms with E-state index in [1.54, 1.807) is 14.2 Å². The van der Waals surface area contributed by atoms with Gasteiger partial charge in [-0.3, -0.25) is 4.99 Å². The summed E-state index contributed by atoms with van der Waals surface area (Å²) in [6, 6.07) is 16.5. The number of nitrogens with one attached hydrogen (secondary N) is 1. The fourth-order valence-corrected chi connectivity index (χ4v) is 2.85. The number of aryl methyl sites for hydroxylation is 1. The van der Waals surface area contributed by atoms with E-state index in [-0.39, 0.29) is 0 Å². The highest BCUT2D eigenvalue weighted by Gasteiger charge is 2.07. The van der Waals surface area contributed by atoms with Crippen molar-refractivity contribution in [3.63, 3.8) is 0 Å². The van der Waals surface area contributed by atoms with Gasteiger partial charge in [-0.05, 0) is 36.1 Å². The molecule has 0 heterocycles. The highest BCUT2D eigenvalue weighted by Crippen LogP contribution is 2.27. The van der Waals surface area contributed by atoms with Crippen LogP contribution in [-0.2, 0) is 13.0 Å². The zero-order valence-corrected chi connectivity index (χ0v) is 16.2. The fraction of sp³-hybridized carbons (Fsp3) is 0.381. The molecule has 0 fully saturated rings. The van der Waals surface area contributed by atoms with Crippen LogP contribution < -0.4 is 14.8 Å². The lowest BCUT2D eigenvalue weighted by atomic mass is 10.1. The van der Waals surface area contributed by atoms with Gasteiger partial charge in [0, 0.05) is 27.2 Å². The number of aliphatic imine (C=N–C) groups is 1. The summed E-state index contributed by atoms with van der Waals surface area (Å²) in [5.41, 5.74) is 2.50. The van der Waals surface area contributed by atoms with Crippen molar-refractivity contribution in [2.45, 2.75) is 19.4 Å². The molecule has 0 aromatic heterocycles. The third-order valence-corrected chi connectivity index (χ3v) is 4.21. The van der Waals surface area contributed by atoms with Gasteiger partial charge in [0.1, 0.15) is 0 Å². The summed E-state index contributed by atoms with van der Waals surface area (Å²) in [5, 5.41) is 3.43. The smallest absolute Gasteiger partial charge is 0.193 e. The average Bonchev–Trinajstić information content (AvgIpc) is 2.68. The van der Waals surface area contributed by atoms with Crippen molar-refractivity contribution in [2.24, 2.45) is 4.99 Å². The van der Waals surface area contributed by atoms with E-state index in [0.717, 1.165) is 43.4 Å². The van der Waals surface area contributed by atoms with Gasteiger partial charge in [0.2, 0.25) is 0 Å². The molecular formula is C21H29N3O2. The summed E-state index contributed by atoms with van der Waals surface area (Å²) in [5.74, 6) is 2.44. The number of rotatable bonds is 8. The standard InChI is InChI=1S/C21H29N3O2/c1-22-21(24(2)16-18-9-6-5-7-10-18)23-14-8-11-17-12-13-19(25-3)20(15-17)26-4/h5-7,9-10,12-13,15H,8,11,14,16H2,1-4H3,(H,22,23). The van der Waals surface area contributed by atoms with Crippen LogP contribution in [-0.4, -0.2) is 45.7 Å². The molecule has 0 aliphatic rings. The zero-order chi connectivity index (χ0) is 18.8. The Morgan fingerprint density at radius 2 is 1.73 bits per heavy atom. The second kappa shape index (κ2) is 10.3. The molecular weight excluding hydrogens is 326 g/mol. The molecule has 0 saturated carbocycles. The monoisotopic (exact) mass is 355 g/mol. The molecule has 0 aliphatic heterocycles. The van der Waals surface area contributed by atoms with Gasteiger partial charge in [-0.15, -0.1) is 0 Å². The lowest BCUT2D eigenvalue weighted by molar-refractivity contribution is 0.354. The van der Waals surface area contributed by atoms with Crippen molar-refractivity contribution in [3.05, 3.63) is 59.7 Å². The topological polar surface area (TPSA) is 46.1 Å². The Morgan fingerprint density at radius 1 is 1.00 bits per heavy atom. The van der Waals surface area contributed by atoms with E-state index in [4.69, 9.17) is 9.47 Å². The predicted octanol–water partition coefficient (Wildman–Crippen LogP) is 3.34. The van der Waals surface area contributed by atoms with Gasteiger partial charge in [0.25, 0.3) is 0 Å². The lowest BCUT2D eigenvalue weighted by Gasteiger charge is -2.22. The zero-order valence-electron chi connectivity index (χ0n) is 16.2. The molecule has 140 valence electrons. The van der Waals surface area contributed by atoms with Crippen LogP contribution in [0.25, 0.3) is 0 Å². The Hall–Kier alpha value is -2.69. The van der Waals surface area contributed by atoms with Crippen molar-refractivity contribution in [3.8, 4) is 11.5 Å². The largest absolute Gasteiger partial charge is 0.493 e. The van der Waals surface area contributed by atoms with Gasteiger partial charge in [0.15, 0.2) is 17.5 Å². The normalized spacial score (nSPS) is 11.2. The molecule has 2 aromatic carbocycles. The maximum atomic E-state index is 5.36. The van der Waals surface area contributed by atoms with E-state index in [0.29, 0.717) is 0 Å². The van der Waals surface area contributed by atoms with Crippen LogP contribution >= 0.6 is 0 Å². The minimum absolute atomic E-state index is 0.761. The summed E-state index contributed by atoms with van der Waals surface area (Å²) in [4.78, 5) is 6.50. The first-order chi connectivity index (χ1) is 12.7. The molecule has 2 rings (SSSR count). The minimum Gasteiger partial charge on any atom is -0.493 e. The molecule has 0 unspecified atom stereocenters. The van der Waals surface area contributed by atoms with E-state index in [1.165, 1.54) is 11.1 Å². The third-order valence-electron chi connectivity index (χ3n) is 4.21. The summed E-state index contributed by atoms with van der Waals surface area (Å²) in [7, 11) is 7.18. The number of methoxy groups -OCH3 is 2. The Morgan fingerprint density at radius 3 is 2.38 bits per heavy atom. The Labute approximate surface area is 156 Å². The summed E-state index contributed by atoms with van der Waals surface area (Å²) in [6.07, 6.45) is 1.97. The molecule has 5 heteroatoms. The third kappa shape index (κ3) is 5.69. The Bertz CT molecular complexity index is 702. The molecule has 0 aliphatic carbocycles. The van der Waals surface area contributed by atoms with Gasteiger partial charge >= 0.3 is 0 Å². The molecule has 0 amide bonds. The molecule has 1 N–H and O–H groups in total. The van der Waals surface area contributed by atoms with Crippen molar-refractivity contribution >= 4 is 5.96 Å². The maximum Gasteiger partial charge on any atom is 0.193 e. The number of guanidine groups is 1. The quantitative estimate of drug-likeness (QED) is 0.448. The number of ether oxygens (including phenoxy) is 2. The van der Waals surface area contributed by atoms with Crippen molar-refractivity contribution in [1.29, 1.82) is 0 Å². The number of benzene rings is 2. The molecule has 5 nitrogen and oxygen atoms in total. The first-order valence-electron chi connectivity index (χ1n) is 8.84. The van der Waals surface area contributed by atoms with E-state index in [1.807, 2.05) is 25.2 Å². The summed E-state index contributed by atoms with van der Waals surface area (Å²) < 4.78 is 10.6. The fourth-order valence-electron chi connectivity index (χ4n) is 2.85. The highest BCUT2D eigenvalue weighted by molar-refractivity contribution is 5.79. The van der Waals surface area contributed by atoms with Crippen molar-refractivity contribution in [1.82, 2.24) is 10.2 Å². The van der Waals surface area contributed by atoms with Gasteiger partial charge in [-0.2, -0.15) is 0 Å². The lowest BCUT2D eigenvalue weighted by Crippen LogP contribution is -2.38. The molecule has 0 saturated heterocycles. The molecule has 26 heavy (non-hydrogen) atoms. The SMILES string of the molecule is CN=C(NCCCc1ccc(OC)c(OC)c1)N(C)Cc1ccccc1. The number of hydrogen-bond acceptors (Lipinski definition) is 3. The highest BCUT2D eigenvalue weighted by atomic mass is 16.5. The molecule has 2 aromatic rings. The van der Waals surface area contributed by atoms with Gasteiger partial charge in [0.05, 0.1) is 14.2 Å². The summed E-state index contributed by atoms with van der Waals surface area (Å²) >= 11 is 0. The number of nitrogens with zero attached hydrogens (tertiary/aromatic N) is 2. The van der Waals surface area contributed by atoms with Crippen LogP contribution in [0.1, 0.15) is 17.5 Å². The van der Waals surface area contributed by atoms with Crippen molar-refractivity contribution < 1.29 is 9.47 Å². The van der Waals surface area contributed by atoms with Crippen LogP contribution in [0.2, 0.25) is 0 Å². The van der Waals surface area contributed by atoms with E-state index >= 15 is 0 Å². The Balaban J connectivity index is 1.80. The predicted molar refractivity (Wildman–Crippen MR) is 107 cm³/mol. The number of hydrogen-bond donors (Lipinski definition) is 1. The molecule has 0 radical (unpaired) electrons.